The molecule has 4 rings (SSSR count). The van der Waals surface area contributed by atoms with Crippen LogP contribution >= 0.6 is 0 Å². The standard InChI is InChI=1S/C20H18N2O5/c1-13(19(24)21-11-10-14-6-2-3-7-15(14)21)26-18(23)12-22-16-8-4-5-9-17(16)27-20(22)25/h2-9,13H,10-12H2,1H3/t13-/m0/s1. The third kappa shape index (κ3) is 3.12. The molecule has 0 N–H and O–H groups in total. The molecule has 1 amide bonds. The van der Waals surface area contributed by atoms with Crippen LogP contribution in [0.1, 0.15) is 12.5 Å². The number of hydrogen-bond donors (Lipinski definition) is 0. The lowest BCUT2D eigenvalue weighted by Crippen LogP contribution is -2.39. The van der Waals surface area contributed by atoms with Crippen molar-refractivity contribution in [1.29, 1.82) is 0 Å². The van der Waals surface area contributed by atoms with Crippen LogP contribution in [-0.2, 0) is 27.3 Å². The summed E-state index contributed by atoms with van der Waals surface area (Å²) < 4.78 is 11.6. The van der Waals surface area contributed by atoms with Gasteiger partial charge in [0.2, 0.25) is 0 Å². The van der Waals surface area contributed by atoms with Crippen molar-refractivity contribution in [3.63, 3.8) is 0 Å². The van der Waals surface area contributed by atoms with Crippen LogP contribution in [0.3, 0.4) is 0 Å². The van der Waals surface area contributed by atoms with Gasteiger partial charge in [-0.1, -0.05) is 30.3 Å². The van der Waals surface area contributed by atoms with Crippen LogP contribution in [0.25, 0.3) is 11.1 Å². The van der Waals surface area contributed by atoms with E-state index in [1.807, 2.05) is 24.3 Å². The van der Waals surface area contributed by atoms with Crippen LogP contribution in [0.4, 0.5) is 5.69 Å². The molecule has 0 unspecified atom stereocenters. The Morgan fingerprint density at radius 3 is 2.74 bits per heavy atom. The van der Waals surface area contributed by atoms with Gasteiger partial charge in [0.15, 0.2) is 11.7 Å². The zero-order valence-corrected chi connectivity index (χ0v) is 14.8. The Bertz CT molecular complexity index is 1080. The van der Waals surface area contributed by atoms with E-state index < -0.39 is 17.8 Å². The maximum absolute atomic E-state index is 12.7. The number of amides is 1. The number of rotatable bonds is 4. The lowest BCUT2D eigenvalue weighted by molar-refractivity contribution is -0.154. The van der Waals surface area contributed by atoms with Gasteiger partial charge < -0.3 is 14.1 Å². The molecule has 0 spiro atoms. The Labute approximate surface area is 154 Å². The molecule has 0 radical (unpaired) electrons. The average Bonchev–Trinajstić information content (AvgIpc) is 3.22. The lowest BCUT2D eigenvalue weighted by atomic mass is 10.2. The summed E-state index contributed by atoms with van der Waals surface area (Å²) in [6.45, 7) is 1.79. The van der Waals surface area contributed by atoms with Gasteiger partial charge in [-0.05, 0) is 37.1 Å². The smallest absolute Gasteiger partial charge is 0.420 e. The lowest BCUT2D eigenvalue weighted by Gasteiger charge is -2.21. The van der Waals surface area contributed by atoms with E-state index in [1.165, 1.54) is 11.5 Å². The number of carbonyl (C=O) groups is 2. The summed E-state index contributed by atoms with van der Waals surface area (Å²) in [4.78, 5) is 38.6. The maximum atomic E-state index is 12.7. The third-order valence-electron chi connectivity index (χ3n) is 4.67. The number of benzene rings is 2. The summed E-state index contributed by atoms with van der Waals surface area (Å²) in [5.74, 6) is -1.59. The number of anilines is 1. The van der Waals surface area contributed by atoms with E-state index in [9.17, 15) is 14.4 Å². The normalized spacial score (nSPS) is 14.2. The summed E-state index contributed by atoms with van der Waals surface area (Å²) in [6, 6.07) is 14.5. The van der Waals surface area contributed by atoms with Crippen LogP contribution in [0.15, 0.2) is 57.7 Å². The number of hydrogen-bond acceptors (Lipinski definition) is 5. The summed E-state index contributed by atoms with van der Waals surface area (Å²) in [7, 11) is 0. The molecule has 27 heavy (non-hydrogen) atoms. The fraction of sp³-hybridized carbons (Fsp3) is 0.250. The fourth-order valence-electron chi connectivity index (χ4n) is 3.36. The molecule has 2 heterocycles. The summed E-state index contributed by atoms with van der Waals surface area (Å²) in [5, 5.41) is 0. The van der Waals surface area contributed by atoms with Crippen LogP contribution in [0, 0.1) is 0 Å². The van der Waals surface area contributed by atoms with Gasteiger partial charge in [-0.15, -0.1) is 0 Å². The molecule has 7 heteroatoms. The zero-order valence-electron chi connectivity index (χ0n) is 14.8. The molecule has 1 aromatic heterocycles. The number of nitrogens with zero attached hydrogens (tertiary/aromatic N) is 2. The molecule has 0 saturated carbocycles. The summed E-state index contributed by atoms with van der Waals surface area (Å²) in [5.41, 5.74) is 2.85. The van der Waals surface area contributed by atoms with Gasteiger partial charge in [-0.25, -0.2) is 4.79 Å². The predicted octanol–water partition coefficient (Wildman–Crippen LogP) is 2.12. The number of fused-ring (bicyclic) bond motifs is 2. The Kier molecular flexibility index (Phi) is 4.27. The monoisotopic (exact) mass is 366 g/mol. The molecule has 0 bridgehead atoms. The molecule has 0 saturated heterocycles. The highest BCUT2D eigenvalue weighted by atomic mass is 16.5. The SMILES string of the molecule is C[C@H](OC(=O)Cn1c(=O)oc2ccccc21)C(=O)N1CCc2ccccc21. The first-order valence-corrected chi connectivity index (χ1v) is 8.72. The van der Waals surface area contributed by atoms with Crippen molar-refractivity contribution in [3.05, 3.63) is 64.6 Å². The Morgan fingerprint density at radius 2 is 1.89 bits per heavy atom. The second kappa shape index (κ2) is 6.75. The maximum Gasteiger partial charge on any atom is 0.420 e. The van der Waals surface area contributed by atoms with E-state index in [4.69, 9.17) is 9.15 Å². The quantitative estimate of drug-likeness (QED) is 0.661. The van der Waals surface area contributed by atoms with Crippen molar-refractivity contribution >= 4 is 28.7 Å². The Morgan fingerprint density at radius 1 is 1.15 bits per heavy atom. The number of carbonyl (C=O) groups excluding carboxylic acids is 2. The zero-order chi connectivity index (χ0) is 19.0. The van der Waals surface area contributed by atoms with Crippen LogP contribution in [0.5, 0.6) is 0 Å². The van der Waals surface area contributed by atoms with Gasteiger partial charge >= 0.3 is 11.7 Å². The van der Waals surface area contributed by atoms with E-state index in [2.05, 4.69) is 0 Å². The minimum Gasteiger partial charge on any atom is -0.451 e. The van der Waals surface area contributed by atoms with Gasteiger partial charge in [0.1, 0.15) is 6.54 Å². The van der Waals surface area contributed by atoms with E-state index >= 15 is 0 Å². The molecule has 138 valence electrons. The van der Waals surface area contributed by atoms with Gasteiger partial charge in [0.25, 0.3) is 5.91 Å². The van der Waals surface area contributed by atoms with Crippen molar-refractivity contribution in [2.75, 3.05) is 11.4 Å². The summed E-state index contributed by atoms with van der Waals surface area (Å²) in [6.07, 6.45) is -0.170. The molecular weight excluding hydrogens is 348 g/mol. The molecule has 1 atom stereocenters. The molecule has 1 aliphatic heterocycles. The predicted molar refractivity (Wildman–Crippen MR) is 98.5 cm³/mol. The molecule has 2 aromatic carbocycles. The first-order valence-electron chi connectivity index (χ1n) is 8.72. The fourth-order valence-corrected chi connectivity index (χ4v) is 3.36. The minimum atomic E-state index is -0.947. The van der Waals surface area contributed by atoms with E-state index in [0.29, 0.717) is 17.6 Å². The number of esters is 1. The topological polar surface area (TPSA) is 81.7 Å². The largest absolute Gasteiger partial charge is 0.451 e. The number of oxazole rings is 1. The molecule has 7 nitrogen and oxygen atoms in total. The minimum absolute atomic E-state index is 0.280. The van der Waals surface area contributed by atoms with Gasteiger partial charge in [-0.3, -0.25) is 14.2 Å². The van der Waals surface area contributed by atoms with Crippen LogP contribution < -0.4 is 10.7 Å². The molecule has 3 aromatic rings. The first kappa shape index (κ1) is 17.1. The number of aromatic nitrogens is 1. The van der Waals surface area contributed by atoms with Crippen molar-refractivity contribution in [2.45, 2.75) is 26.0 Å². The van der Waals surface area contributed by atoms with Crippen LogP contribution in [-0.4, -0.2) is 29.1 Å². The highest BCUT2D eigenvalue weighted by Gasteiger charge is 2.30. The van der Waals surface area contributed by atoms with Gasteiger partial charge in [0, 0.05) is 12.2 Å². The van der Waals surface area contributed by atoms with E-state index in [-0.39, 0.29) is 12.5 Å². The number of para-hydroxylation sites is 3. The van der Waals surface area contributed by atoms with Crippen molar-refractivity contribution in [1.82, 2.24) is 4.57 Å². The molecule has 0 aliphatic carbocycles. The van der Waals surface area contributed by atoms with E-state index in [0.717, 1.165) is 17.7 Å². The van der Waals surface area contributed by atoms with Gasteiger partial charge in [0.05, 0.1) is 5.52 Å². The molecule has 1 aliphatic rings. The van der Waals surface area contributed by atoms with Crippen molar-refractivity contribution in [2.24, 2.45) is 0 Å². The van der Waals surface area contributed by atoms with Crippen molar-refractivity contribution < 1.29 is 18.7 Å². The highest BCUT2D eigenvalue weighted by molar-refractivity contribution is 5.99. The second-order valence-electron chi connectivity index (χ2n) is 6.42. The van der Waals surface area contributed by atoms with Gasteiger partial charge in [-0.2, -0.15) is 0 Å². The average molecular weight is 366 g/mol. The Hall–Kier alpha value is -3.35. The number of ether oxygens (including phenoxy) is 1. The van der Waals surface area contributed by atoms with Crippen LogP contribution in [0.2, 0.25) is 0 Å². The Balaban J connectivity index is 1.46. The molecule has 0 fully saturated rings. The molecular formula is C20H18N2O5. The highest BCUT2D eigenvalue weighted by Crippen LogP contribution is 2.28. The second-order valence-corrected chi connectivity index (χ2v) is 6.42. The van der Waals surface area contributed by atoms with Crippen molar-refractivity contribution in [3.8, 4) is 0 Å². The van der Waals surface area contributed by atoms with E-state index in [1.54, 1.807) is 29.2 Å². The summed E-state index contributed by atoms with van der Waals surface area (Å²) >= 11 is 0. The first-order chi connectivity index (χ1) is 13.0. The third-order valence-corrected chi connectivity index (χ3v) is 4.67.